The van der Waals surface area contributed by atoms with Crippen molar-refractivity contribution in [3.8, 4) is 0 Å². The maximum Gasteiger partial charge on any atom is 0.122 e. The highest BCUT2D eigenvalue weighted by molar-refractivity contribution is 7.80. The molecule has 0 aliphatic rings. The van der Waals surface area contributed by atoms with Crippen LogP contribution in [0.25, 0.3) is 0 Å². The summed E-state index contributed by atoms with van der Waals surface area (Å²) < 4.78 is 0. The molecule has 0 aromatic carbocycles. The van der Waals surface area contributed by atoms with Gasteiger partial charge in [-0.3, -0.25) is 4.98 Å². The van der Waals surface area contributed by atoms with Crippen LogP contribution in [0.1, 0.15) is 19.5 Å². The fourth-order valence-corrected chi connectivity index (χ4v) is 1.31. The molecule has 0 atom stereocenters. The summed E-state index contributed by atoms with van der Waals surface area (Å²) in [6.07, 6.45) is 1.70. The van der Waals surface area contributed by atoms with Crippen molar-refractivity contribution in [2.45, 2.75) is 19.4 Å². The van der Waals surface area contributed by atoms with Gasteiger partial charge in [0.2, 0.25) is 0 Å². The number of hydrogen-bond donors (Lipinski definition) is 2. The number of hydrogen-bond acceptors (Lipinski definition) is 4. The summed E-state index contributed by atoms with van der Waals surface area (Å²) in [6, 6.07) is 3.67. The Kier molecular flexibility index (Phi) is 3.83. The zero-order valence-corrected chi connectivity index (χ0v) is 10.6. The van der Waals surface area contributed by atoms with Crippen LogP contribution in [0.15, 0.2) is 18.3 Å². The van der Waals surface area contributed by atoms with E-state index in [1.54, 1.807) is 12.3 Å². The first-order chi connectivity index (χ1) is 7.38. The highest BCUT2D eigenvalue weighted by Gasteiger charge is 2.22. The van der Waals surface area contributed by atoms with E-state index in [1.807, 2.05) is 31.9 Å². The van der Waals surface area contributed by atoms with Gasteiger partial charge in [0.05, 0.1) is 29.7 Å². The van der Waals surface area contributed by atoms with Crippen molar-refractivity contribution in [3.63, 3.8) is 0 Å². The van der Waals surface area contributed by atoms with Gasteiger partial charge in [0.25, 0.3) is 0 Å². The minimum absolute atomic E-state index is 0.0700. The molecule has 88 valence electrons. The maximum atomic E-state index is 9.27. The molecule has 1 aromatic heterocycles. The third-order valence-corrected chi connectivity index (χ3v) is 2.89. The molecule has 3 N–H and O–H groups in total. The number of nitrogens with two attached hydrogens (primary N) is 1. The van der Waals surface area contributed by atoms with Crippen LogP contribution in [0.4, 0.5) is 5.69 Å². The van der Waals surface area contributed by atoms with Crippen LogP contribution in [-0.4, -0.2) is 34.3 Å². The van der Waals surface area contributed by atoms with Gasteiger partial charge in [0, 0.05) is 7.05 Å². The molecule has 16 heavy (non-hydrogen) atoms. The molecule has 0 fully saturated rings. The van der Waals surface area contributed by atoms with Crippen molar-refractivity contribution < 1.29 is 5.11 Å². The first kappa shape index (κ1) is 12.9. The third kappa shape index (κ3) is 2.68. The second kappa shape index (κ2) is 4.76. The number of anilines is 1. The molecule has 0 unspecified atom stereocenters. The summed E-state index contributed by atoms with van der Waals surface area (Å²) in [6.45, 7) is 3.98. The Morgan fingerprint density at radius 1 is 1.56 bits per heavy atom. The molecule has 4 nitrogen and oxygen atoms in total. The molecule has 0 amide bonds. The molecule has 5 heteroatoms. The van der Waals surface area contributed by atoms with Gasteiger partial charge >= 0.3 is 0 Å². The molecule has 0 aliphatic carbocycles. The third-order valence-electron chi connectivity index (χ3n) is 2.68. The number of nitrogens with zero attached hydrogens (tertiary/aromatic N) is 2. The zero-order valence-electron chi connectivity index (χ0n) is 9.77. The number of thiocarbonyl (C=S) groups is 1. The number of aliphatic hydroxyl groups is 1. The Balaban J connectivity index is 2.94. The van der Waals surface area contributed by atoms with Gasteiger partial charge in [-0.25, -0.2) is 0 Å². The number of aromatic nitrogens is 1. The van der Waals surface area contributed by atoms with E-state index >= 15 is 0 Å². The molecule has 0 spiro atoms. The first-order valence-electron chi connectivity index (χ1n) is 4.99. The number of likely N-dealkylation sites (N-methyl/N-ethyl adjacent to an activating group) is 1. The largest absolute Gasteiger partial charge is 0.394 e. The molecule has 0 saturated carbocycles. The normalized spacial score (nSPS) is 11.2. The van der Waals surface area contributed by atoms with Crippen molar-refractivity contribution in [2.24, 2.45) is 5.73 Å². The molecule has 0 radical (unpaired) electrons. The lowest BCUT2D eigenvalue weighted by molar-refractivity contribution is 0.216. The summed E-state index contributed by atoms with van der Waals surface area (Å²) in [7, 11) is 1.91. The predicted octanol–water partition coefficient (Wildman–Crippen LogP) is 0.923. The summed E-state index contributed by atoms with van der Waals surface area (Å²) in [5.41, 5.74) is 6.66. The molecule has 1 aromatic rings. The number of aliphatic hydroxyl groups excluding tert-OH is 1. The van der Waals surface area contributed by atoms with Crippen LogP contribution >= 0.6 is 12.2 Å². The molecule has 0 bridgehead atoms. The maximum absolute atomic E-state index is 9.27. The van der Waals surface area contributed by atoms with Crippen LogP contribution in [0.5, 0.6) is 0 Å². The van der Waals surface area contributed by atoms with E-state index in [-0.39, 0.29) is 17.1 Å². The lowest BCUT2D eigenvalue weighted by Crippen LogP contribution is -2.44. The molecular weight excluding hydrogens is 222 g/mol. The Bertz CT molecular complexity index is 375. The molecule has 1 rings (SSSR count). The topological polar surface area (TPSA) is 62.4 Å². The highest BCUT2D eigenvalue weighted by Crippen LogP contribution is 2.20. The van der Waals surface area contributed by atoms with Crippen molar-refractivity contribution in [1.82, 2.24) is 4.98 Å². The van der Waals surface area contributed by atoms with E-state index in [2.05, 4.69) is 4.98 Å². The minimum atomic E-state index is -0.327. The number of pyridine rings is 1. The van der Waals surface area contributed by atoms with Gasteiger partial charge in [0.15, 0.2) is 0 Å². The van der Waals surface area contributed by atoms with E-state index in [0.717, 1.165) is 5.69 Å². The van der Waals surface area contributed by atoms with Crippen LogP contribution in [0, 0.1) is 0 Å². The van der Waals surface area contributed by atoms with Crippen molar-refractivity contribution in [1.29, 1.82) is 0 Å². The van der Waals surface area contributed by atoms with Gasteiger partial charge in [-0.1, -0.05) is 12.2 Å². The first-order valence-corrected chi connectivity index (χ1v) is 5.40. The Morgan fingerprint density at radius 2 is 2.19 bits per heavy atom. The monoisotopic (exact) mass is 239 g/mol. The predicted molar refractivity (Wildman–Crippen MR) is 69.7 cm³/mol. The van der Waals surface area contributed by atoms with Crippen molar-refractivity contribution >= 4 is 22.9 Å². The lowest BCUT2D eigenvalue weighted by atomic mass is 10.0. The average Bonchev–Trinajstić information content (AvgIpc) is 2.28. The quantitative estimate of drug-likeness (QED) is 0.765. The fraction of sp³-hybridized carbons (Fsp3) is 0.455. The Labute approximate surface area is 101 Å². The molecule has 0 aliphatic heterocycles. The van der Waals surface area contributed by atoms with Gasteiger partial charge in [0.1, 0.15) is 4.99 Å². The lowest BCUT2D eigenvalue weighted by Gasteiger charge is -2.35. The minimum Gasteiger partial charge on any atom is -0.394 e. The second-order valence-electron chi connectivity index (χ2n) is 4.30. The molecule has 0 saturated heterocycles. The van der Waals surface area contributed by atoms with Crippen molar-refractivity contribution in [2.75, 3.05) is 18.6 Å². The summed E-state index contributed by atoms with van der Waals surface area (Å²) >= 11 is 4.83. The fourth-order valence-electron chi connectivity index (χ4n) is 1.19. The second-order valence-corrected chi connectivity index (χ2v) is 4.74. The smallest absolute Gasteiger partial charge is 0.122 e. The van der Waals surface area contributed by atoms with Crippen LogP contribution < -0.4 is 10.6 Å². The molecular formula is C11H17N3OS. The van der Waals surface area contributed by atoms with Crippen LogP contribution in [0.2, 0.25) is 0 Å². The zero-order chi connectivity index (χ0) is 12.3. The Morgan fingerprint density at radius 3 is 2.56 bits per heavy atom. The summed E-state index contributed by atoms with van der Waals surface area (Å²) in [4.78, 5) is 6.41. The van der Waals surface area contributed by atoms with Gasteiger partial charge < -0.3 is 15.7 Å². The van der Waals surface area contributed by atoms with Crippen LogP contribution in [-0.2, 0) is 0 Å². The van der Waals surface area contributed by atoms with Gasteiger partial charge in [-0.15, -0.1) is 0 Å². The van der Waals surface area contributed by atoms with E-state index in [9.17, 15) is 5.11 Å². The van der Waals surface area contributed by atoms with Gasteiger partial charge in [-0.05, 0) is 26.0 Å². The standard InChI is InChI=1S/C11H17N3OS/c1-11(2,7-15)14(3)8-4-5-9(10(12)16)13-6-8/h4-6,15H,7H2,1-3H3,(H2,12,16). The summed E-state index contributed by atoms with van der Waals surface area (Å²) in [5.74, 6) is 0. The molecule has 1 heterocycles. The highest BCUT2D eigenvalue weighted by atomic mass is 32.1. The van der Waals surface area contributed by atoms with E-state index in [1.165, 1.54) is 0 Å². The van der Waals surface area contributed by atoms with Crippen molar-refractivity contribution in [3.05, 3.63) is 24.0 Å². The Hall–Kier alpha value is -1.20. The SMILES string of the molecule is CN(c1ccc(C(N)=S)nc1)C(C)(C)CO. The average molecular weight is 239 g/mol. The number of rotatable bonds is 4. The van der Waals surface area contributed by atoms with Gasteiger partial charge in [-0.2, -0.15) is 0 Å². The van der Waals surface area contributed by atoms with E-state index in [4.69, 9.17) is 18.0 Å². The van der Waals surface area contributed by atoms with E-state index in [0.29, 0.717) is 5.69 Å². The van der Waals surface area contributed by atoms with Crippen LogP contribution in [0.3, 0.4) is 0 Å². The summed E-state index contributed by atoms with van der Waals surface area (Å²) in [5, 5.41) is 9.27. The van der Waals surface area contributed by atoms with E-state index < -0.39 is 0 Å².